The second-order valence-corrected chi connectivity index (χ2v) is 6.10. The molecule has 3 rings (SSSR count). The summed E-state index contributed by atoms with van der Waals surface area (Å²) in [5, 5.41) is 6.77. The van der Waals surface area contributed by atoms with Gasteiger partial charge >= 0.3 is 0 Å². The minimum atomic E-state index is -0.229. The maximum absolute atomic E-state index is 12.3. The predicted octanol–water partition coefficient (Wildman–Crippen LogP) is 2.47. The lowest BCUT2D eigenvalue weighted by molar-refractivity contribution is 0.0478. The van der Waals surface area contributed by atoms with Crippen LogP contribution in [0.25, 0.3) is 0 Å². The van der Waals surface area contributed by atoms with Crippen LogP contribution in [0.5, 0.6) is 5.75 Å². The van der Waals surface area contributed by atoms with E-state index in [1.165, 1.54) is 0 Å². The highest BCUT2D eigenvalue weighted by atomic mass is 16.5. The largest absolute Gasteiger partial charge is 0.496 e. The fourth-order valence-electron chi connectivity index (χ4n) is 3.20. The maximum atomic E-state index is 12.3. The maximum Gasteiger partial charge on any atom is 0.273 e. The summed E-state index contributed by atoms with van der Waals surface area (Å²) in [6.45, 7) is 3.59. The van der Waals surface area contributed by atoms with E-state index >= 15 is 0 Å². The first-order valence-electron chi connectivity index (χ1n) is 8.07. The molecule has 0 saturated carbocycles. The van der Waals surface area contributed by atoms with Gasteiger partial charge in [0.1, 0.15) is 11.5 Å². The van der Waals surface area contributed by atoms with Crippen molar-refractivity contribution in [3.8, 4) is 5.75 Å². The van der Waals surface area contributed by atoms with Crippen LogP contribution in [0.4, 0.5) is 0 Å². The zero-order valence-electron chi connectivity index (χ0n) is 14.0. The Morgan fingerprint density at radius 1 is 1.33 bits per heavy atom. The fourth-order valence-corrected chi connectivity index (χ4v) is 3.20. The molecule has 0 spiro atoms. The average molecular weight is 330 g/mol. The van der Waals surface area contributed by atoms with E-state index in [9.17, 15) is 4.79 Å². The van der Waals surface area contributed by atoms with Gasteiger partial charge in [-0.1, -0.05) is 23.4 Å². The van der Waals surface area contributed by atoms with Crippen molar-refractivity contribution >= 4 is 5.91 Å². The van der Waals surface area contributed by atoms with Crippen molar-refractivity contribution in [3.63, 3.8) is 0 Å². The SMILES string of the molecule is COc1ccccc1C1(CNC(=O)c2cc(C)on2)CCOCC1. The molecule has 0 aliphatic carbocycles. The van der Waals surface area contributed by atoms with Crippen molar-refractivity contribution in [1.29, 1.82) is 0 Å². The van der Waals surface area contributed by atoms with Gasteiger partial charge < -0.3 is 19.3 Å². The molecule has 2 aromatic rings. The first-order chi connectivity index (χ1) is 11.6. The monoisotopic (exact) mass is 330 g/mol. The van der Waals surface area contributed by atoms with Crippen LogP contribution < -0.4 is 10.1 Å². The van der Waals surface area contributed by atoms with Crippen LogP contribution in [0.2, 0.25) is 0 Å². The minimum Gasteiger partial charge on any atom is -0.496 e. The lowest BCUT2D eigenvalue weighted by Gasteiger charge is -2.38. The molecule has 6 nitrogen and oxygen atoms in total. The Kier molecular flexibility index (Phi) is 4.85. The van der Waals surface area contributed by atoms with E-state index in [4.69, 9.17) is 14.0 Å². The van der Waals surface area contributed by atoms with E-state index in [1.54, 1.807) is 20.1 Å². The molecule has 1 aromatic heterocycles. The normalized spacial score (nSPS) is 16.6. The Morgan fingerprint density at radius 2 is 2.08 bits per heavy atom. The summed E-state index contributed by atoms with van der Waals surface area (Å²) in [4.78, 5) is 12.3. The standard InChI is InChI=1S/C18H22N2O4/c1-13-11-15(20-24-13)17(21)19-12-18(7-9-23-10-8-18)14-5-3-4-6-16(14)22-2/h3-6,11H,7-10,12H2,1-2H3,(H,19,21). The van der Waals surface area contributed by atoms with Gasteiger partial charge in [-0.05, 0) is 25.8 Å². The van der Waals surface area contributed by atoms with Crippen molar-refractivity contribution in [1.82, 2.24) is 10.5 Å². The molecular formula is C18H22N2O4. The van der Waals surface area contributed by atoms with Crippen LogP contribution in [0, 0.1) is 6.92 Å². The third kappa shape index (κ3) is 3.28. The molecule has 0 unspecified atom stereocenters. The molecule has 0 radical (unpaired) electrons. The van der Waals surface area contributed by atoms with Gasteiger partial charge in [-0.15, -0.1) is 0 Å². The van der Waals surface area contributed by atoms with Crippen LogP contribution in [0.1, 0.15) is 34.7 Å². The van der Waals surface area contributed by atoms with E-state index in [-0.39, 0.29) is 11.3 Å². The van der Waals surface area contributed by atoms with E-state index in [1.807, 2.05) is 18.2 Å². The molecule has 0 atom stereocenters. The Labute approximate surface area is 141 Å². The molecule has 1 aromatic carbocycles. The van der Waals surface area contributed by atoms with Crippen LogP contribution in [-0.4, -0.2) is 37.9 Å². The molecule has 2 heterocycles. The molecule has 1 aliphatic heterocycles. The quantitative estimate of drug-likeness (QED) is 0.912. The molecule has 1 fully saturated rings. The second kappa shape index (κ2) is 7.05. The number of amides is 1. The number of carbonyl (C=O) groups excluding carboxylic acids is 1. The number of nitrogens with one attached hydrogen (secondary N) is 1. The first kappa shape index (κ1) is 16.5. The van der Waals surface area contributed by atoms with Gasteiger partial charge in [0.25, 0.3) is 5.91 Å². The van der Waals surface area contributed by atoms with Gasteiger partial charge in [0.05, 0.1) is 7.11 Å². The third-order valence-electron chi connectivity index (χ3n) is 4.58. The molecule has 1 saturated heterocycles. The van der Waals surface area contributed by atoms with Crippen molar-refractivity contribution in [2.45, 2.75) is 25.2 Å². The summed E-state index contributed by atoms with van der Waals surface area (Å²) in [5.74, 6) is 1.23. The van der Waals surface area contributed by atoms with Gasteiger partial charge in [0.2, 0.25) is 0 Å². The van der Waals surface area contributed by atoms with Gasteiger partial charge in [-0.25, -0.2) is 0 Å². The Balaban J connectivity index is 1.82. The topological polar surface area (TPSA) is 73.6 Å². The van der Waals surface area contributed by atoms with E-state index in [0.717, 1.165) is 24.2 Å². The van der Waals surface area contributed by atoms with Crippen molar-refractivity contribution < 1.29 is 18.8 Å². The molecule has 1 amide bonds. The Bertz CT molecular complexity index is 705. The number of carbonyl (C=O) groups is 1. The number of benzene rings is 1. The number of hydrogen-bond donors (Lipinski definition) is 1. The highest BCUT2D eigenvalue weighted by Gasteiger charge is 2.37. The summed E-state index contributed by atoms with van der Waals surface area (Å²) in [6.07, 6.45) is 1.65. The number of methoxy groups -OCH3 is 1. The molecule has 6 heteroatoms. The van der Waals surface area contributed by atoms with Crippen LogP contribution in [0.3, 0.4) is 0 Å². The Hall–Kier alpha value is -2.34. The van der Waals surface area contributed by atoms with Gasteiger partial charge in [-0.3, -0.25) is 4.79 Å². The highest BCUT2D eigenvalue weighted by molar-refractivity contribution is 5.92. The molecule has 1 aliphatic rings. The zero-order valence-corrected chi connectivity index (χ0v) is 14.0. The zero-order chi connectivity index (χ0) is 17.0. The Morgan fingerprint density at radius 3 is 2.75 bits per heavy atom. The van der Waals surface area contributed by atoms with Crippen LogP contribution in [-0.2, 0) is 10.2 Å². The van der Waals surface area contributed by atoms with Gasteiger partial charge in [0.15, 0.2) is 5.69 Å². The summed E-state index contributed by atoms with van der Waals surface area (Å²) >= 11 is 0. The highest BCUT2D eigenvalue weighted by Crippen LogP contribution is 2.39. The summed E-state index contributed by atoms with van der Waals surface area (Å²) in [5.41, 5.74) is 1.20. The summed E-state index contributed by atoms with van der Waals surface area (Å²) in [6, 6.07) is 9.60. The molecule has 128 valence electrons. The summed E-state index contributed by atoms with van der Waals surface area (Å²) in [7, 11) is 1.67. The second-order valence-electron chi connectivity index (χ2n) is 6.10. The number of aryl methyl sites for hydroxylation is 1. The number of aromatic nitrogens is 1. The van der Waals surface area contributed by atoms with Crippen molar-refractivity contribution in [2.75, 3.05) is 26.9 Å². The number of nitrogens with zero attached hydrogens (tertiary/aromatic N) is 1. The van der Waals surface area contributed by atoms with E-state index in [2.05, 4.69) is 16.5 Å². The van der Waals surface area contributed by atoms with E-state index < -0.39 is 0 Å². The lowest BCUT2D eigenvalue weighted by Crippen LogP contribution is -2.44. The lowest BCUT2D eigenvalue weighted by atomic mass is 9.73. The number of hydrogen-bond acceptors (Lipinski definition) is 5. The summed E-state index contributed by atoms with van der Waals surface area (Å²) < 4.78 is 16.0. The smallest absolute Gasteiger partial charge is 0.273 e. The number of rotatable bonds is 5. The fraction of sp³-hybridized carbons (Fsp3) is 0.444. The van der Waals surface area contributed by atoms with Crippen molar-refractivity contribution in [3.05, 3.63) is 47.3 Å². The first-order valence-corrected chi connectivity index (χ1v) is 8.07. The third-order valence-corrected chi connectivity index (χ3v) is 4.58. The molecule has 1 N–H and O–H groups in total. The van der Waals surface area contributed by atoms with Gasteiger partial charge in [-0.2, -0.15) is 0 Å². The van der Waals surface area contributed by atoms with Crippen LogP contribution in [0.15, 0.2) is 34.9 Å². The number of ether oxygens (including phenoxy) is 2. The molecule has 0 bridgehead atoms. The predicted molar refractivity (Wildman–Crippen MR) is 88.3 cm³/mol. The average Bonchev–Trinajstić information content (AvgIpc) is 3.07. The number of para-hydroxylation sites is 1. The van der Waals surface area contributed by atoms with Crippen LogP contribution >= 0.6 is 0 Å². The molecule has 24 heavy (non-hydrogen) atoms. The minimum absolute atomic E-state index is 0.209. The molecular weight excluding hydrogens is 308 g/mol. The van der Waals surface area contributed by atoms with Crippen molar-refractivity contribution in [2.24, 2.45) is 0 Å². The van der Waals surface area contributed by atoms with Gasteiger partial charge in [0, 0.05) is 36.8 Å². The van der Waals surface area contributed by atoms with E-state index in [0.29, 0.717) is 31.2 Å².